The Morgan fingerprint density at radius 1 is 1.47 bits per heavy atom. The molecule has 0 spiro atoms. The molecular weight excluding hydrogens is 234 g/mol. The number of hydrogen-bond acceptors (Lipinski definition) is 3. The fourth-order valence-electron chi connectivity index (χ4n) is 2.65. The summed E-state index contributed by atoms with van der Waals surface area (Å²) < 4.78 is 0. The SMILES string of the molecule is Cc1cc(C(=O)N2CC(O)(C3CC3)C2)c(C)s1. The van der Waals surface area contributed by atoms with Crippen molar-refractivity contribution in [3.63, 3.8) is 0 Å². The molecule has 1 aromatic rings. The van der Waals surface area contributed by atoms with Gasteiger partial charge in [0, 0.05) is 9.75 Å². The number of aliphatic hydroxyl groups is 1. The molecule has 1 N–H and O–H groups in total. The first kappa shape index (κ1) is 11.2. The van der Waals surface area contributed by atoms with Gasteiger partial charge in [-0.15, -0.1) is 11.3 Å². The van der Waals surface area contributed by atoms with E-state index < -0.39 is 5.60 Å². The van der Waals surface area contributed by atoms with Gasteiger partial charge in [-0.1, -0.05) is 0 Å². The molecule has 0 aromatic carbocycles. The van der Waals surface area contributed by atoms with Gasteiger partial charge in [-0.3, -0.25) is 4.79 Å². The third kappa shape index (κ3) is 1.79. The lowest BCUT2D eigenvalue weighted by Gasteiger charge is -2.47. The molecular formula is C13H17NO2S. The van der Waals surface area contributed by atoms with E-state index in [9.17, 15) is 9.90 Å². The molecule has 17 heavy (non-hydrogen) atoms. The summed E-state index contributed by atoms with van der Waals surface area (Å²) in [5.41, 5.74) is 0.236. The van der Waals surface area contributed by atoms with E-state index >= 15 is 0 Å². The molecule has 2 aliphatic rings. The van der Waals surface area contributed by atoms with Gasteiger partial charge in [0.2, 0.25) is 0 Å². The zero-order valence-corrected chi connectivity index (χ0v) is 11.0. The minimum absolute atomic E-state index is 0.0807. The molecule has 92 valence electrons. The van der Waals surface area contributed by atoms with Crippen LogP contribution in [-0.4, -0.2) is 34.6 Å². The Kier molecular flexibility index (Phi) is 2.35. The topological polar surface area (TPSA) is 40.5 Å². The van der Waals surface area contributed by atoms with Gasteiger partial charge < -0.3 is 10.0 Å². The van der Waals surface area contributed by atoms with Crippen LogP contribution in [0.3, 0.4) is 0 Å². The van der Waals surface area contributed by atoms with Gasteiger partial charge in [-0.25, -0.2) is 0 Å². The number of nitrogens with zero attached hydrogens (tertiary/aromatic N) is 1. The van der Waals surface area contributed by atoms with Crippen LogP contribution in [0.2, 0.25) is 0 Å². The molecule has 3 nitrogen and oxygen atoms in total. The number of carbonyl (C=O) groups is 1. The summed E-state index contributed by atoms with van der Waals surface area (Å²) in [5.74, 6) is 0.522. The summed E-state index contributed by atoms with van der Waals surface area (Å²) in [5, 5.41) is 10.2. The maximum absolute atomic E-state index is 12.2. The number of hydrogen-bond donors (Lipinski definition) is 1. The summed E-state index contributed by atoms with van der Waals surface area (Å²) >= 11 is 1.66. The molecule has 1 amide bonds. The molecule has 0 radical (unpaired) electrons. The highest BCUT2D eigenvalue weighted by Gasteiger charge is 2.53. The summed E-state index contributed by atoms with van der Waals surface area (Å²) in [4.78, 5) is 16.2. The smallest absolute Gasteiger partial charge is 0.255 e. The molecule has 2 fully saturated rings. The van der Waals surface area contributed by atoms with Crippen molar-refractivity contribution in [2.24, 2.45) is 5.92 Å². The number of amides is 1. The number of thiophene rings is 1. The number of likely N-dealkylation sites (tertiary alicyclic amines) is 1. The molecule has 1 saturated heterocycles. The largest absolute Gasteiger partial charge is 0.386 e. The Morgan fingerprint density at radius 2 is 2.12 bits per heavy atom. The highest BCUT2D eigenvalue weighted by Crippen LogP contribution is 2.44. The summed E-state index contributed by atoms with van der Waals surface area (Å²) in [6.45, 7) is 5.04. The zero-order chi connectivity index (χ0) is 12.2. The van der Waals surface area contributed by atoms with Crippen molar-refractivity contribution < 1.29 is 9.90 Å². The van der Waals surface area contributed by atoms with E-state index in [1.807, 2.05) is 19.9 Å². The average molecular weight is 251 g/mol. The minimum Gasteiger partial charge on any atom is -0.386 e. The van der Waals surface area contributed by atoms with Crippen LogP contribution in [0.15, 0.2) is 6.07 Å². The molecule has 2 heterocycles. The van der Waals surface area contributed by atoms with Crippen LogP contribution >= 0.6 is 11.3 Å². The highest BCUT2D eigenvalue weighted by molar-refractivity contribution is 7.12. The quantitative estimate of drug-likeness (QED) is 0.873. The fraction of sp³-hybridized carbons (Fsp3) is 0.615. The molecule has 1 aliphatic carbocycles. The van der Waals surface area contributed by atoms with E-state index in [2.05, 4.69) is 0 Å². The van der Waals surface area contributed by atoms with Gasteiger partial charge >= 0.3 is 0 Å². The van der Waals surface area contributed by atoms with Crippen molar-refractivity contribution in [3.8, 4) is 0 Å². The third-order valence-electron chi connectivity index (χ3n) is 3.83. The Hall–Kier alpha value is -0.870. The maximum Gasteiger partial charge on any atom is 0.255 e. The molecule has 0 atom stereocenters. The second-order valence-electron chi connectivity index (χ2n) is 5.37. The van der Waals surface area contributed by atoms with E-state index in [1.54, 1.807) is 16.2 Å². The zero-order valence-electron chi connectivity index (χ0n) is 10.2. The molecule has 0 bridgehead atoms. The van der Waals surface area contributed by atoms with Crippen LogP contribution < -0.4 is 0 Å². The standard InChI is InChI=1S/C13H17NO2S/c1-8-5-11(9(2)17-8)12(15)14-6-13(16,7-14)10-3-4-10/h5,10,16H,3-4,6-7H2,1-2H3. The highest BCUT2D eigenvalue weighted by atomic mass is 32.1. The van der Waals surface area contributed by atoms with Gasteiger partial charge in [-0.2, -0.15) is 0 Å². The fourth-order valence-corrected chi connectivity index (χ4v) is 3.57. The predicted molar refractivity (Wildman–Crippen MR) is 67.4 cm³/mol. The van der Waals surface area contributed by atoms with E-state index in [1.165, 1.54) is 4.88 Å². The normalized spacial score (nSPS) is 22.4. The second kappa shape index (κ2) is 3.56. The first-order valence-electron chi connectivity index (χ1n) is 6.08. The number of carbonyl (C=O) groups excluding carboxylic acids is 1. The number of β-amino-alcohol motifs (C(OH)–C–C–N with tert-alkyl or cyclic N) is 1. The van der Waals surface area contributed by atoms with Crippen LogP contribution in [-0.2, 0) is 0 Å². The maximum atomic E-state index is 12.2. The van der Waals surface area contributed by atoms with Crippen molar-refractivity contribution in [1.82, 2.24) is 4.90 Å². The van der Waals surface area contributed by atoms with Crippen LogP contribution in [0.25, 0.3) is 0 Å². The predicted octanol–water partition coefficient (Wildman–Crippen LogP) is 1.96. The van der Waals surface area contributed by atoms with Crippen molar-refractivity contribution in [2.45, 2.75) is 32.3 Å². The second-order valence-corrected chi connectivity index (χ2v) is 6.83. The van der Waals surface area contributed by atoms with Gasteiger partial charge in [0.15, 0.2) is 0 Å². The lowest BCUT2D eigenvalue weighted by molar-refractivity contribution is -0.0958. The van der Waals surface area contributed by atoms with Crippen molar-refractivity contribution in [1.29, 1.82) is 0 Å². The average Bonchev–Trinajstić information content (AvgIpc) is 3.00. The van der Waals surface area contributed by atoms with Crippen LogP contribution in [0.1, 0.15) is 33.0 Å². The van der Waals surface area contributed by atoms with Crippen LogP contribution in [0.4, 0.5) is 0 Å². The molecule has 1 aliphatic heterocycles. The molecule has 0 unspecified atom stereocenters. The summed E-state index contributed by atoms with van der Waals surface area (Å²) in [6, 6.07) is 1.96. The molecule has 3 rings (SSSR count). The van der Waals surface area contributed by atoms with E-state index in [-0.39, 0.29) is 5.91 Å². The Morgan fingerprint density at radius 3 is 2.59 bits per heavy atom. The molecule has 1 saturated carbocycles. The van der Waals surface area contributed by atoms with Gasteiger partial charge in [-0.05, 0) is 38.7 Å². The van der Waals surface area contributed by atoms with Crippen LogP contribution in [0.5, 0.6) is 0 Å². The lowest BCUT2D eigenvalue weighted by Crippen LogP contribution is -2.64. The Labute approximate surface area is 105 Å². The number of aryl methyl sites for hydroxylation is 2. The lowest BCUT2D eigenvalue weighted by atomic mass is 9.88. The minimum atomic E-state index is -0.575. The van der Waals surface area contributed by atoms with Crippen molar-refractivity contribution in [2.75, 3.05) is 13.1 Å². The first-order chi connectivity index (χ1) is 7.99. The van der Waals surface area contributed by atoms with Gasteiger partial charge in [0.05, 0.1) is 18.7 Å². The van der Waals surface area contributed by atoms with Crippen LogP contribution in [0, 0.1) is 19.8 Å². The number of rotatable bonds is 2. The Balaban J connectivity index is 1.71. The molecule has 1 aromatic heterocycles. The Bertz CT molecular complexity index is 470. The monoisotopic (exact) mass is 251 g/mol. The summed E-state index contributed by atoms with van der Waals surface area (Å²) in [6.07, 6.45) is 2.24. The van der Waals surface area contributed by atoms with Crippen molar-refractivity contribution in [3.05, 3.63) is 21.4 Å². The molecule has 4 heteroatoms. The van der Waals surface area contributed by atoms with Crippen molar-refractivity contribution >= 4 is 17.2 Å². The van der Waals surface area contributed by atoms with E-state index in [0.717, 1.165) is 23.3 Å². The summed E-state index contributed by atoms with van der Waals surface area (Å²) in [7, 11) is 0. The van der Waals surface area contributed by atoms with Gasteiger partial charge in [0.1, 0.15) is 5.60 Å². The van der Waals surface area contributed by atoms with E-state index in [0.29, 0.717) is 19.0 Å². The van der Waals surface area contributed by atoms with Gasteiger partial charge in [0.25, 0.3) is 5.91 Å². The third-order valence-corrected chi connectivity index (χ3v) is 4.79. The first-order valence-corrected chi connectivity index (χ1v) is 6.90. The van der Waals surface area contributed by atoms with E-state index in [4.69, 9.17) is 0 Å².